The van der Waals surface area contributed by atoms with Crippen LogP contribution in [0.5, 0.6) is 0 Å². The van der Waals surface area contributed by atoms with Crippen LogP contribution in [0.3, 0.4) is 0 Å². The lowest BCUT2D eigenvalue weighted by molar-refractivity contribution is -0.136. The van der Waals surface area contributed by atoms with Crippen molar-refractivity contribution < 1.29 is 9.53 Å². The van der Waals surface area contributed by atoms with Gasteiger partial charge in [0, 0.05) is 0 Å². The van der Waals surface area contributed by atoms with Crippen molar-refractivity contribution in [2.24, 2.45) is 0 Å². The second kappa shape index (κ2) is 5.92. The van der Waals surface area contributed by atoms with E-state index in [4.69, 9.17) is 27.9 Å². The highest BCUT2D eigenvalue weighted by molar-refractivity contribution is 6.42. The maximum Gasteiger partial charge on any atom is 0.338 e. The summed E-state index contributed by atoms with van der Waals surface area (Å²) >= 11 is 11.7. The van der Waals surface area contributed by atoms with Crippen LogP contribution in [0.25, 0.3) is 5.57 Å². The Kier molecular flexibility index (Phi) is 4.84. The average Bonchev–Trinajstić information content (AvgIpc) is 2.25. The minimum Gasteiger partial charge on any atom is -0.462 e. The van der Waals surface area contributed by atoms with E-state index >= 15 is 0 Å². The molecule has 0 heterocycles. The van der Waals surface area contributed by atoms with Crippen molar-refractivity contribution in [3.05, 3.63) is 39.9 Å². The molecule has 0 spiro atoms. The Hall–Kier alpha value is -0.990. The molecule has 16 heavy (non-hydrogen) atoms. The van der Waals surface area contributed by atoms with Crippen molar-refractivity contribution in [3.63, 3.8) is 0 Å². The molecule has 0 saturated carbocycles. The normalized spacial score (nSPS) is 11.4. The molecule has 0 fully saturated rings. The van der Waals surface area contributed by atoms with E-state index in [0.29, 0.717) is 27.8 Å². The summed E-state index contributed by atoms with van der Waals surface area (Å²) in [4.78, 5) is 11.6. The zero-order valence-corrected chi connectivity index (χ0v) is 10.6. The Morgan fingerprint density at radius 2 is 2.06 bits per heavy atom. The molecule has 0 amide bonds. The molecule has 0 aliphatic carbocycles. The van der Waals surface area contributed by atoms with Crippen LogP contribution in [0, 0.1) is 0 Å². The summed E-state index contributed by atoms with van der Waals surface area (Å²) < 4.78 is 4.94. The van der Waals surface area contributed by atoms with Gasteiger partial charge in [-0.1, -0.05) is 35.3 Å². The second-order valence-corrected chi connectivity index (χ2v) is 3.87. The largest absolute Gasteiger partial charge is 0.462 e. The summed E-state index contributed by atoms with van der Waals surface area (Å²) in [5.74, 6) is -0.358. The van der Waals surface area contributed by atoms with Gasteiger partial charge in [0.25, 0.3) is 0 Å². The first kappa shape index (κ1) is 13.1. The summed E-state index contributed by atoms with van der Waals surface area (Å²) in [5.41, 5.74) is 1.19. The molecule has 0 radical (unpaired) electrons. The number of carbonyl (C=O) groups is 1. The smallest absolute Gasteiger partial charge is 0.338 e. The van der Waals surface area contributed by atoms with E-state index in [9.17, 15) is 4.79 Å². The summed E-state index contributed by atoms with van der Waals surface area (Å²) in [6, 6.07) is 5.04. The van der Waals surface area contributed by atoms with Crippen LogP contribution in [0.4, 0.5) is 0 Å². The Bertz CT molecular complexity index is 425. The van der Waals surface area contributed by atoms with E-state index < -0.39 is 0 Å². The number of carbonyl (C=O) groups excluding carboxylic acids is 1. The number of ether oxygens (including phenoxy) is 1. The SMILES string of the molecule is C/C=C(/C(=O)OCC)c1ccc(Cl)c(Cl)c1. The number of benzene rings is 1. The lowest BCUT2D eigenvalue weighted by Crippen LogP contribution is -2.06. The Labute approximate surface area is 105 Å². The van der Waals surface area contributed by atoms with E-state index in [1.807, 2.05) is 0 Å². The molecule has 86 valence electrons. The third-order valence-corrected chi connectivity index (χ3v) is 2.75. The zero-order valence-electron chi connectivity index (χ0n) is 9.09. The van der Waals surface area contributed by atoms with Crippen LogP contribution in [0.15, 0.2) is 24.3 Å². The Balaban J connectivity index is 3.06. The number of esters is 1. The summed E-state index contributed by atoms with van der Waals surface area (Å²) in [6.07, 6.45) is 1.69. The van der Waals surface area contributed by atoms with E-state index in [1.165, 1.54) is 0 Å². The number of hydrogen-bond acceptors (Lipinski definition) is 2. The summed E-state index contributed by atoms with van der Waals surface area (Å²) in [6.45, 7) is 3.88. The predicted molar refractivity (Wildman–Crippen MR) is 66.7 cm³/mol. The standard InChI is InChI=1S/C12H12Cl2O2/c1-3-9(12(15)16-4-2)8-5-6-10(13)11(14)7-8/h3,5-7H,4H2,1-2H3/b9-3+. The fourth-order valence-electron chi connectivity index (χ4n) is 1.27. The van der Waals surface area contributed by atoms with Crippen molar-refractivity contribution in [1.82, 2.24) is 0 Å². The van der Waals surface area contributed by atoms with Crippen molar-refractivity contribution >= 4 is 34.7 Å². The zero-order chi connectivity index (χ0) is 12.1. The van der Waals surface area contributed by atoms with Crippen molar-refractivity contribution in [3.8, 4) is 0 Å². The van der Waals surface area contributed by atoms with Crippen LogP contribution in [0.1, 0.15) is 19.4 Å². The van der Waals surface area contributed by atoms with Gasteiger partial charge in [-0.2, -0.15) is 0 Å². The molecule has 0 aliphatic rings. The number of rotatable bonds is 3. The highest BCUT2D eigenvalue weighted by atomic mass is 35.5. The molecule has 0 atom stereocenters. The first-order valence-corrected chi connectivity index (χ1v) is 5.64. The average molecular weight is 259 g/mol. The number of halogens is 2. The summed E-state index contributed by atoms with van der Waals surface area (Å²) in [7, 11) is 0. The molecule has 1 rings (SSSR count). The first-order chi connectivity index (χ1) is 7.60. The molecule has 1 aromatic rings. The molecule has 4 heteroatoms. The molecular weight excluding hydrogens is 247 g/mol. The molecule has 0 bridgehead atoms. The second-order valence-electron chi connectivity index (χ2n) is 3.05. The maximum atomic E-state index is 11.6. The van der Waals surface area contributed by atoms with E-state index in [-0.39, 0.29) is 5.97 Å². The third-order valence-electron chi connectivity index (χ3n) is 2.01. The third kappa shape index (κ3) is 3.00. The van der Waals surface area contributed by atoms with Gasteiger partial charge in [-0.05, 0) is 31.5 Å². The van der Waals surface area contributed by atoms with Crippen LogP contribution >= 0.6 is 23.2 Å². The molecule has 2 nitrogen and oxygen atoms in total. The van der Waals surface area contributed by atoms with Gasteiger partial charge in [-0.3, -0.25) is 0 Å². The van der Waals surface area contributed by atoms with Gasteiger partial charge in [-0.25, -0.2) is 4.79 Å². The topological polar surface area (TPSA) is 26.3 Å². The highest BCUT2D eigenvalue weighted by Gasteiger charge is 2.12. The Morgan fingerprint density at radius 1 is 1.38 bits per heavy atom. The van der Waals surface area contributed by atoms with Crippen molar-refractivity contribution in [2.45, 2.75) is 13.8 Å². The van der Waals surface area contributed by atoms with E-state index in [0.717, 1.165) is 0 Å². The molecule has 0 aromatic heterocycles. The molecule has 0 saturated heterocycles. The van der Waals surface area contributed by atoms with Crippen LogP contribution in [0.2, 0.25) is 10.0 Å². The van der Waals surface area contributed by atoms with Gasteiger partial charge in [-0.15, -0.1) is 0 Å². The van der Waals surface area contributed by atoms with Gasteiger partial charge in [0.05, 0.1) is 22.2 Å². The molecule has 0 unspecified atom stereocenters. The monoisotopic (exact) mass is 258 g/mol. The van der Waals surface area contributed by atoms with Gasteiger partial charge in [0.1, 0.15) is 0 Å². The van der Waals surface area contributed by atoms with Gasteiger partial charge < -0.3 is 4.74 Å². The van der Waals surface area contributed by atoms with E-state index in [2.05, 4.69) is 0 Å². The minimum atomic E-state index is -0.358. The van der Waals surface area contributed by atoms with Crippen molar-refractivity contribution in [2.75, 3.05) is 6.61 Å². The minimum absolute atomic E-state index is 0.345. The summed E-state index contributed by atoms with van der Waals surface area (Å²) in [5, 5.41) is 0.882. The Morgan fingerprint density at radius 3 is 2.56 bits per heavy atom. The van der Waals surface area contributed by atoms with Crippen LogP contribution < -0.4 is 0 Å². The lowest BCUT2D eigenvalue weighted by Gasteiger charge is -2.07. The lowest BCUT2D eigenvalue weighted by atomic mass is 10.1. The van der Waals surface area contributed by atoms with Gasteiger partial charge >= 0.3 is 5.97 Å². The maximum absolute atomic E-state index is 11.6. The molecule has 0 aliphatic heterocycles. The fraction of sp³-hybridized carbons (Fsp3) is 0.250. The molecule has 0 N–H and O–H groups in total. The van der Waals surface area contributed by atoms with E-state index in [1.54, 1.807) is 38.1 Å². The number of allylic oxidation sites excluding steroid dienone is 1. The van der Waals surface area contributed by atoms with Crippen molar-refractivity contribution in [1.29, 1.82) is 0 Å². The quantitative estimate of drug-likeness (QED) is 0.606. The van der Waals surface area contributed by atoms with Gasteiger partial charge in [0.2, 0.25) is 0 Å². The van der Waals surface area contributed by atoms with Crippen LogP contribution in [-0.4, -0.2) is 12.6 Å². The molecule has 1 aromatic carbocycles. The van der Waals surface area contributed by atoms with Gasteiger partial charge in [0.15, 0.2) is 0 Å². The van der Waals surface area contributed by atoms with Crippen LogP contribution in [-0.2, 0) is 9.53 Å². The first-order valence-electron chi connectivity index (χ1n) is 4.89. The highest BCUT2D eigenvalue weighted by Crippen LogP contribution is 2.26. The number of hydrogen-bond donors (Lipinski definition) is 0. The predicted octanol–water partition coefficient (Wildman–Crippen LogP) is 3.96. The molecular formula is C12H12Cl2O2. The fourth-order valence-corrected chi connectivity index (χ4v) is 1.57.